The van der Waals surface area contributed by atoms with E-state index in [1.807, 2.05) is 0 Å². The van der Waals surface area contributed by atoms with Crippen LogP contribution in [-0.4, -0.2) is 47.2 Å². The summed E-state index contributed by atoms with van der Waals surface area (Å²) in [4.78, 5) is 12.8. The summed E-state index contributed by atoms with van der Waals surface area (Å²) >= 11 is 5.98. The second kappa shape index (κ2) is 11.9. The van der Waals surface area contributed by atoms with Gasteiger partial charge in [0.15, 0.2) is 0 Å². The minimum atomic E-state index is -3.84. The molecule has 208 valence electrons. The number of benzene rings is 3. The summed E-state index contributed by atoms with van der Waals surface area (Å²) in [6, 6.07) is 16.2. The van der Waals surface area contributed by atoms with Crippen LogP contribution in [0.2, 0.25) is 5.02 Å². The summed E-state index contributed by atoms with van der Waals surface area (Å²) < 4.78 is 73.9. The first-order valence-electron chi connectivity index (χ1n) is 12.0. The van der Waals surface area contributed by atoms with Gasteiger partial charge in [-0.2, -0.15) is 0 Å². The molecule has 1 saturated heterocycles. The number of hydrogen-bond acceptors (Lipinski definition) is 6. The van der Waals surface area contributed by atoms with Crippen LogP contribution in [0.15, 0.2) is 71.6 Å². The van der Waals surface area contributed by atoms with Crippen molar-refractivity contribution >= 4 is 48.9 Å². The second-order valence-corrected chi connectivity index (χ2v) is 13.0. The molecule has 0 radical (unpaired) electrons. The first-order valence-corrected chi connectivity index (χ1v) is 15.4. The first-order chi connectivity index (χ1) is 18.5. The average molecular weight is 596 g/mol. The van der Waals surface area contributed by atoms with Crippen molar-refractivity contribution in [2.45, 2.75) is 23.5 Å². The fraction of sp³-hybridized carbons (Fsp3) is 0.269. The molecule has 1 aliphatic heterocycles. The van der Waals surface area contributed by atoms with Gasteiger partial charge in [-0.05, 0) is 73.5 Å². The zero-order valence-corrected chi connectivity index (χ0v) is 23.3. The van der Waals surface area contributed by atoms with Gasteiger partial charge in [0.05, 0.1) is 17.8 Å². The quantitative estimate of drug-likeness (QED) is 0.376. The molecule has 39 heavy (non-hydrogen) atoms. The molecule has 0 aliphatic carbocycles. The molecule has 0 atom stereocenters. The molecule has 1 amide bonds. The maximum absolute atomic E-state index is 14.1. The zero-order chi connectivity index (χ0) is 28.2. The largest absolute Gasteiger partial charge is 0.497 e. The molecule has 4 rings (SSSR count). The highest BCUT2D eigenvalue weighted by Crippen LogP contribution is 2.27. The van der Waals surface area contributed by atoms with E-state index >= 15 is 0 Å². The van der Waals surface area contributed by atoms with Gasteiger partial charge in [-0.3, -0.25) is 9.52 Å². The van der Waals surface area contributed by atoms with E-state index in [4.69, 9.17) is 16.3 Å². The van der Waals surface area contributed by atoms with Gasteiger partial charge < -0.3 is 10.1 Å². The van der Waals surface area contributed by atoms with Crippen molar-refractivity contribution < 1.29 is 30.8 Å². The molecule has 0 unspecified atom stereocenters. The summed E-state index contributed by atoms with van der Waals surface area (Å²) in [5, 5.41) is 2.80. The molecule has 1 heterocycles. The molecular formula is C26H27ClFN3O6S2. The predicted octanol–water partition coefficient (Wildman–Crippen LogP) is 4.47. The molecular weight excluding hydrogens is 569 g/mol. The van der Waals surface area contributed by atoms with E-state index in [0.29, 0.717) is 17.1 Å². The molecule has 0 bridgehead atoms. The van der Waals surface area contributed by atoms with E-state index in [2.05, 4.69) is 10.0 Å². The predicted molar refractivity (Wildman–Crippen MR) is 147 cm³/mol. The molecule has 0 aromatic heterocycles. The molecule has 0 spiro atoms. The number of nitrogens with zero attached hydrogens (tertiary/aromatic N) is 1. The lowest BCUT2D eigenvalue weighted by Gasteiger charge is -2.30. The molecule has 9 nitrogen and oxygen atoms in total. The Bertz CT molecular complexity index is 1520. The van der Waals surface area contributed by atoms with Crippen molar-refractivity contribution in [3.8, 4) is 5.75 Å². The maximum Gasteiger partial charge on any atom is 0.261 e. The highest BCUT2D eigenvalue weighted by atomic mass is 35.5. The molecule has 3 aromatic rings. The Balaban J connectivity index is 1.32. The number of carbonyl (C=O) groups is 1. The number of hydrogen-bond donors (Lipinski definition) is 2. The SMILES string of the molecule is COc1ccc(NS(=O)(=O)c2ccc(NC(=O)C3CCN(S(=O)(=O)Cc4c(F)cccc4Cl)CC3)cc2)cc1. The third-order valence-corrected chi connectivity index (χ3v) is 9.94. The number of carbonyl (C=O) groups excluding carboxylic acids is 1. The maximum atomic E-state index is 14.1. The monoisotopic (exact) mass is 595 g/mol. The van der Waals surface area contributed by atoms with Gasteiger partial charge in [0, 0.05) is 41.0 Å². The summed E-state index contributed by atoms with van der Waals surface area (Å²) in [6.07, 6.45) is 0.572. The summed E-state index contributed by atoms with van der Waals surface area (Å²) in [6.45, 7) is 0.224. The second-order valence-electron chi connectivity index (χ2n) is 8.98. The highest BCUT2D eigenvalue weighted by molar-refractivity contribution is 7.92. The third-order valence-electron chi connectivity index (χ3n) is 6.38. The topological polar surface area (TPSA) is 122 Å². The van der Waals surface area contributed by atoms with Gasteiger partial charge in [0.1, 0.15) is 11.6 Å². The van der Waals surface area contributed by atoms with E-state index in [9.17, 15) is 26.0 Å². The minimum absolute atomic E-state index is 0.0183. The van der Waals surface area contributed by atoms with E-state index in [1.165, 1.54) is 47.8 Å². The Morgan fingerprint density at radius 1 is 0.974 bits per heavy atom. The standard InChI is InChI=1S/C26H27ClFN3O6S2/c1-37-21-9-5-20(6-10-21)30-39(35,36)22-11-7-19(8-12-22)29-26(32)18-13-15-31(16-14-18)38(33,34)17-23-24(27)3-2-4-25(23)28/h2-12,18,30H,13-17H2,1H3,(H,29,32). The zero-order valence-electron chi connectivity index (χ0n) is 20.9. The van der Waals surface area contributed by atoms with E-state index in [0.717, 1.165) is 6.07 Å². The van der Waals surface area contributed by atoms with Crippen LogP contribution >= 0.6 is 11.6 Å². The number of methoxy groups -OCH3 is 1. The normalized spacial score (nSPS) is 15.1. The summed E-state index contributed by atoms with van der Waals surface area (Å²) in [5.41, 5.74) is 0.704. The van der Waals surface area contributed by atoms with Crippen LogP contribution in [0.1, 0.15) is 18.4 Å². The van der Waals surface area contributed by atoms with Crippen LogP contribution in [0.5, 0.6) is 5.75 Å². The molecule has 0 saturated carbocycles. The van der Waals surface area contributed by atoms with Crippen molar-refractivity contribution in [3.05, 3.63) is 83.1 Å². The van der Waals surface area contributed by atoms with Crippen LogP contribution < -0.4 is 14.8 Å². The van der Waals surface area contributed by atoms with Crippen molar-refractivity contribution in [3.63, 3.8) is 0 Å². The Labute approximate surface area is 232 Å². The average Bonchev–Trinajstić information content (AvgIpc) is 2.91. The van der Waals surface area contributed by atoms with E-state index in [-0.39, 0.29) is 47.3 Å². The fourth-order valence-corrected chi connectivity index (χ4v) is 7.15. The number of halogens is 2. The third kappa shape index (κ3) is 7.07. The Kier molecular flexibility index (Phi) is 8.80. The van der Waals surface area contributed by atoms with Crippen LogP contribution in [-0.2, 0) is 30.6 Å². The summed E-state index contributed by atoms with van der Waals surface area (Å²) in [7, 11) is -6.16. The Morgan fingerprint density at radius 2 is 1.59 bits per heavy atom. The van der Waals surface area contributed by atoms with E-state index < -0.39 is 37.5 Å². The lowest BCUT2D eigenvalue weighted by atomic mass is 9.97. The van der Waals surface area contributed by atoms with Gasteiger partial charge in [-0.25, -0.2) is 25.5 Å². The van der Waals surface area contributed by atoms with Crippen LogP contribution in [0, 0.1) is 11.7 Å². The number of piperidine rings is 1. The number of rotatable bonds is 9. The Morgan fingerprint density at radius 3 is 2.18 bits per heavy atom. The van der Waals surface area contributed by atoms with Crippen molar-refractivity contribution in [2.75, 3.05) is 30.2 Å². The number of anilines is 2. The van der Waals surface area contributed by atoms with Gasteiger partial charge >= 0.3 is 0 Å². The Hall–Kier alpha value is -3.19. The minimum Gasteiger partial charge on any atom is -0.497 e. The smallest absolute Gasteiger partial charge is 0.261 e. The molecule has 1 fully saturated rings. The number of amides is 1. The molecule has 2 N–H and O–H groups in total. The number of sulfonamides is 2. The van der Waals surface area contributed by atoms with Gasteiger partial charge in [-0.15, -0.1) is 0 Å². The van der Waals surface area contributed by atoms with Crippen molar-refractivity contribution in [1.82, 2.24) is 4.31 Å². The first kappa shape index (κ1) is 28.8. The number of nitrogens with one attached hydrogen (secondary N) is 2. The lowest BCUT2D eigenvalue weighted by molar-refractivity contribution is -0.120. The summed E-state index contributed by atoms with van der Waals surface area (Å²) in [5.74, 6) is -1.38. The van der Waals surface area contributed by atoms with E-state index in [1.54, 1.807) is 24.3 Å². The number of ether oxygens (including phenoxy) is 1. The van der Waals surface area contributed by atoms with Gasteiger partial charge in [0.2, 0.25) is 15.9 Å². The van der Waals surface area contributed by atoms with Crippen LogP contribution in [0.25, 0.3) is 0 Å². The molecule has 13 heteroatoms. The van der Waals surface area contributed by atoms with Crippen molar-refractivity contribution in [2.24, 2.45) is 5.92 Å². The van der Waals surface area contributed by atoms with Gasteiger partial charge in [-0.1, -0.05) is 17.7 Å². The van der Waals surface area contributed by atoms with Crippen LogP contribution in [0.3, 0.4) is 0 Å². The van der Waals surface area contributed by atoms with Crippen molar-refractivity contribution in [1.29, 1.82) is 0 Å². The molecule has 3 aromatic carbocycles. The fourth-order valence-electron chi connectivity index (χ4n) is 4.17. The highest BCUT2D eigenvalue weighted by Gasteiger charge is 2.32. The molecule has 1 aliphatic rings. The van der Waals surface area contributed by atoms with Gasteiger partial charge in [0.25, 0.3) is 10.0 Å². The lowest BCUT2D eigenvalue weighted by Crippen LogP contribution is -2.42. The van der Waals surface area contributed by atoms with Crippen LogP contribution in [0.4, 0.5) is 15.8 Å².